The molecule has 0 aliphatic rings. The van der Waals surface area contributed by atoms with Crippen molar-refractivity contribution in [3.8, 4) is 23.0 Å². The number of hydrogen-bond donors (Lipinski definition) is 1. The second-order valence-electron chi connectivity index (χ2n) is 4.26. The van der Waals surface area contributed by atoms with Gasteiger partial charge in [0.1, 0.15) is 5.75 Å². The van der Waals surface area contributed by atoms with Gasteiger partial charge in [0, 0.05) is 16.6 Å². The van der Waals surface area contributed by atoms with Gasteiger partial charge in [-0.25, -0.2) is 0 Å². The van der Waals surface area contributed by atoms with E-state index in [4.69, 9.17) is 19.9 Å². The lowest BCUT2D eigenvalue weighted by molar-refractivity contribution is 0.352. The molecule has 2 N–H and O–H groups in total. The van der Waals surface area contributed by atoms with E-state index in [0.29, 0.717) is 22.9 Å². The zero-order valence-electron chi connectivity index (χ0n) is 11.6. The minimum atomic E-state index is 0.488. The van der Waals surface area contributed by atoms with Crippen LogP contribution in [0.2, 0.25) is 0 Å². The van der Waals surface area contributed by atoms with E-state index in [1.807, 2.05) is 25.1 Å². The first kappa shape index (κ1) is 14.5. The highest BCUT2D eigenvalue weighted by Crippen LogP contribution is 2.39. The van der Waals surface area contributed by atoms with Crippen molar-refractivity contribution in [3.05, 3.63) is 40.4 Å². The van der Waals surface area contributed by atoms with Gasteiger partial charge in [-0.3, -0.25) is 0 Å². The molecule has 106 valence electrons. The van der Waals surface area contributed by atoms with Crippen molar-refractivity contribution >= 4 is 21.6 Å². The van der Waals surface area contributed by atoms with Crippen LogP contribution in [0.1, 0.15) is 5.56 Å². The minimum Gasteiger partial charge on any atom is -0.493 e. The first-order valence-corrected chi connectivity index (χ1v) is 6.80. The second kappa shape index (κ2) is 6.05. The summed E-state index contributed by atoms with van der Waals surface area (Å²) in [6.45, 7) is 1.97. The van der Waals surface area contributed by atoms with Crippen molar-refractivity contribution in [2.24, 2.45) is 0 Å². The molecule has 0 aliphatic carbocycles. The number of anilines is 1. The van der Waals surface area contributed by atoms with Crippen molar-refractivity contribution < 1.29 is 14.2 Å². The Morgan fingerprint density at radius 2 is 1.55 bits per heavy atom. The van der Waals surface area contributed by atoms with Gasteiger partial charge in [0.05, 0.1) is 19.9 Å². The maximum atomic E-state index is 5.98. The van der Waals surface area contributed by atoms with E-state index >= 15 is 0 Å². The van der Waals surface area contributed by atoms with E-state index in [9.17, 15) is 0 Å². The van der Waals surface area contributed by atoms with E-state index in [2.05, 4.69) is 15.9 Å². The molecule has 0 saturated carbocycles. The minimum absolute atomic E-state index is 0.488. The number of methoxy groups -OCH3 is 2. The van der Waals surface area contributed by atoms with Crippen LogP contribution in [0.4, 0.5) is 5.69 Å². The Bertz CT molecular complexity index is 629. The molecule has 0 aliphatic heterocycles. The molecule has 0 heterocycles. The highest BCUT2D eigenvalue weighted by Gasteiger charge is 2.12. The third-order valence-electron chi connectivity index (χ3n) is 2.89. The van der Waals surface area contributed by atoms with Crippen LogP contribution < -0.4 is 19.9 Å². The number of halogens is 1. The van der Waals surface area contributed by atoms with Crippen LogP contribution in [-0.2, 0) is 0 Å². The van der Waals surface area contributed by atoms with Crippen LogP contribution >= 0.6 is 15.9 Å². The van der Waals surface area contributed by atoms with Gasteiger partial charge in [0.15, 0.2) is 17.2 Å². The highest BCUT2D eigenvalue weighted by atomic mass is 79.9. The average molecular weight is 338 g/mol. The molecule has 5 heteroatoms. The van der Waals surface area contributed by atoms with Crippen LogP contribution in [0.5, 0.6) is 23.0 Å². The summed E-state index contributed by atoms with van der Waals surface area (Å²) in [4.78, 5) is 0. The topological polar surface area (TPSA) is 53.7 Å². The van der Waals surface area contributed by atoms with E-state index in [0.717, 1.165) is 15.8 Å². The summed E-state index contributed by atoms with van der Waals surface area (Å²) in [7, 11) is 3.14. The summed E-state index contributed by atoms with van der Waals surface area (Å²) in [6, 6.07) is 9.22. The molecule has 0 atom stereocenters. The van der Waals surface area contributed by atoms with Crippen LogP contribution in [0, 0.1) is 6.92 Å². The first-order valence-electron chi connectivity index (χ1n) is 6.00. The zero-order valence-corrected chi connectivity index (χ0v) is 13.2. The monoisotopic (exact) mass is 337 g/mol. The third kappa shape index (κ3) is 2.99. The van der Waals surface area contributed by atoms with E-state index in [1.54, 1.807) is 26.4 Å². The normalized spacial score (nSPS) is 10.2. The summed E-state index contributed by atoms with van der Waals surface area (Å²) in [5, 5.41) is 0. The fourth-order valence-electron chi connectivity index (χ4n) is 1.77. The highest BCUT2D eigenvalue weighted by molar-refractivity contribution is 9.10. The van der Waals surface area contributed by atoms with Crippen molar-refractivity contribution in [1.29, 1.82) is 0 Å². The lowest BCUT2D eigenvalue weighted by atomic mass is 10.2. The van der Waals surface area contributed by atoms with Gasteiger partial charge in [-0.2, -0.15) is 0 Å². The van der Waals surface area contributed by atoms with E-state index in [-0.39, 0.29) is 0 Å². The summed E-state index contributed by atoms with van der Waals surface area (Å²) in [5.41, 5.74) is 7.49. The molecule has 2 aromatic rings. The fourth-order valence-corrected chi connectivity index (χ4v) is 2.11. The average Bonchev–Trinajstić information content (AvgIpc) is 2.44. The Morgan fingerprint density at radius 3 is 2.20 bits per heavy atom. The standard InChI is InChI=1S/C15H16BrNO3/c1-9-4-5-10(16)6-12(9)20-13-8-15(19-3)14(18-2)7-11(13)17/h4-8H,17H2,1-3H3. The molecule has 0 aromatic heterocycles. The molecule has 0 radical (unpaired) electrons. The quantitative estimate of drug-likeness (QED) is 0.851. The van der Waals surface area contributed by atoms with Gasteiger partial charge in [-0.05, 0) is 24.6 Å². The van der Waals surface area contributed by atoms with Gasteiger partial charge >= 0.3 is 0 Å². The van der Waals surface area contributed by atoms with Gasteiger partial charge in [-0.15, -0.1) is 0 Å². The Balaban J connectivity index is 2.40. The third-order valence-corrected chi connectivity index (χ3v) is 3.38. The number of nitrogen functional groups attached to an aromatic ring is 1. The van der Waals surface area contributed by atoms with Gasteiger partial charge in [0.2, 0.25) is 0 Å². The van der Waals surface area contributed by atoms with Crippen LogP contribution in [0.25, 0.3) is 0 Å². The summed E-state index contributed by atoms with van der Waals surface area (Å²) in [6.07, 6.45) is 0. The summed E-state index contributed by atoms with van der Waals surface area (Å²) >= 11 is 3.42. The van der Waals surface area contributed by atoms with Gasteiger partial charge < -0.3 is 19.9 Å². The molecule has 0 amide bonds. The number of benzene rings is 2. The van der Waals surface area contributed by atoms with E-state index in [1.165, 1.54) is 0 Å². The molecule has 0 bridgehead atoms. The number of ether oxygens (including phenoxy) is 3. The van der Waals surface area contributed by atoms with Crippen molar-refractivity contribution in [2.75, 3.05) is 20.0 Å². The molecular formula is C15H16BrNO3. The van der Waals surface area contributed by atoms with Crippen molar-refractivity contribution in [2.45, 2.75) is 6.92 Å². The largest absolute Gasteiger partial charge is 0.493 e. The Kier molecular flexibility index (Phi) is 4.39. The Hall–Kier alpha value is -1.88. The zero-order chi connectivity index (χ0) is 14.7. The molecule has 0 fully saturated rings. The lowest BCUT2D eigenvalue weighted by Gasteiger charge is -2.14. The maximum absolute atomic E-state index is 5.98. The van der Waals surface area contributed by atoms with Gasteiger partial charge in [-0.1, -0.05) is 22.0 Å². The SMILES string of the molecule is COc1cc(N)c(Oc2cc(Br)ccc2C)cc1OC. The van der Waals surface area contributed by atoms with Crippen LogP contribution in [0.3, 0.4) is 0 Å². The number of aryl methyl sites for hydroxylation is 1. The summed E-state index contributed by atoms with van der Waals surface area (Å²) < 4.78 is 17.3. The maximum Gasteiger partial charge on any atom is 0.164 e. The van der Waals surface area contributed by atoms with E-state index < -0.39 is 0 Å². The number of nitrogens with two attached hydrogens (primary N) is 1. The Labute approximate surface area is 126 Å². The van der Waals surface area contributed by atoms with Crippen molar-refractivity contribution in [3.63, 3.8) is 0 Å². The molecule has 0 spiro atoms. The first-order chi connectivity index (χ1) is 9.55. The lowest BCUT2D eigenvalue weighted by Crippen LogP contribution is -1.97. The number of hydrogen-bond acceptors (Lipinski definition) is 4. The Morgan fingerprint density at radius 1 is 0.900 bits per heavy atom. The second-order valence-corrected chi connectivity index (χ2v) is 5.17. The molecule has 0 unspecified atom stereocenters. The predicted octanol–water partition coefficient (Wildman–Crippen LogP) is 4.15. The van der Waals surface area contributed by atoms with Crippen molar-refractivity contribution in [1.82, 2.24) is 0 Å². The number of rotatable bonds is 4. The molecule has 4 nitrogen and oxygen atoms in total. The molecular weight excluding hydrogens is 322 g/mol. The molecule has 2 rings (SSSR count). The summed E-state index contributed by atoms with van der Waals surface area (Å²) in [5.74, 6) is 2.41. The van der Waals surface area contributed by atoms with Crippen LogP contribution in [0.15, 0.2) is 34.8 Å². The fraction of sp³-hybridized carbons (Fsp3) is 0.200. The predicted molar refractivity (Wildman–Crippen MR) is 82.9 cm³/mol. The molecule has 0 saturated heterocycles. The smallest absolute Gasteiger partial charge is 0.164 e. The van der Waals surface area contributed by atoms with Gasteiger partial charge in [0.25, 0.3) is 0 Å². The molecule has 2 aromatic carbocycles. The molecule has 20 heavy (non-hydrogen) atoms. The van der Waals surface area contributed by atoms with Crippen LogP contribution in [-0.4, -0.2) is 14.2 Å².